The van der Waals surface area contributed by atoms with E-state index in [0.29, 0.717) is 49.9 Å². The molecule has 1 aromatic carbocycles. The van der Waals surface area contributed by atoms with Crippen LogP contribution in [0.5, 0.6) is 0 Å². The van der Waals surface area contributed by atoms with Gasteiger partial charge in [-0.1, -0.05) is 6.07 Å². The van der Waals surface area contributed by atoms with E-state index in [1.54, 1.807) is 6.07 Å². The van der Waals surface area contributed by atoms with Crippen molar-refractivity contribution >= 4 is 34.3 Å². The lowest BCUT2D eigenvalue weighted by Crippen LogP contribution is -2.39. The molecular formula is C27H32N6O5S. The highest BCUT2D eigenvalue weighted by molar-refractivity contribution is 7.78. The lowest BCUT2D eigenvalue weighted by Gasteiger charge is -2.32. The number of carbonyl (C=O) groups is 1. The number of hydrogen-bond acceptors (Lipinski definition) is 9. The Balaban J connectivity index is 1.48. The highest BCUT2D eigenvalue weighted by Gasteiger charge is 2.20. The lowest BCUT2D eigenvalue weighted by atomic mass is 9.98. The summed E-state index contributed by atoms with van der Waals surface area (Å²) in [6.07, 6.45) is 1.46. The standard InChI is InChI=1S/C27H32N6O5S/c28-17-20-1-2-22(30-27(34)19-3-4-29-23(13-19)18-39(35)36)16-24(20)21-14-25(32-5-9-37-10-6-32)31-26(15-21)33-7-11-38-12-8-33/h1-4,13-16H,5-12,17-18,28H2,(H,30,34)(H,35,36). The van der Waals surface area contributed by atoms with Gasteiger partial charge in [0.25, 0.3) is 5.91 Å². The van der Waals surface area contributed by atoms with Crippen molar-refractivity contribution in [1.82, 2.24) is 9.97 Å². The molecule has 4 heterocycles. The van der Waals surface area contributed by atoms with Gasteiger partial charge in [-0.25, -0.2) is 9.19 Å². The molecule has 2 saturated heterocycles. The molecule has 11 nitrogen and oxygen atoms in total. The molecule has 0 spiro atoms. The third-order valence-corrected chi connectivity index (χ3v) is 7.26. The molecule has 0 aliphatic carbocycles. The van der Waals surface area contributed by atoms with Gasteiger partial charge in [-0.2, -0.15) is 0 Å². The summed E-state index contributed by atoms with van der Waals surface area (Å²) in [6.45, 7) is 5.98. The first-order valence-electron chi connectivity index (χ1n) is 12.8. The quantitative estimate of drug-likeness (QED) is 0.356. The lowest BCUT2D eigenvalue weighted by molar-refractivity contribution is 0.102. The van der Waals surface area contributed by atoms with E-state index in [9.17, 15) is 9.00 Å². The topological polar surface area (TPSA) is 143 Å². The Morgan fingerprint density at radius 1 is 0.974 bits per heavy atom. The largest absolute Gasteiger partial charge is 0.378 e. The van der Waals surface area contributed by atoms with E-state index in [1.165, 1.54) is 12.3 Å². The van der Waals surface area contributed by atoms with Crippen LogP contribution < -0.4 is 20.9 Å². The number of morpholine rings is 2. The Labute approximate surface area is 229 Å². The first-order chi connectivity index (χ1) is 19.0. The van der Waals surface area contributed by atoms with Crippen LogP contribution in [0.15, 0.2) is 48.7 Å². The molecule has 1 amide bonds. The molecular weight excluding hydrogens is 520 g/mol. The normalized spacial score (nSPS) is 16.7. The van der Waals surface area contributed by atoms with Crippen molar-refractivity contribution in [3.05, 3.63) is 65.5 Å². The van der Waals surface area contributed by atoms with Crippen LogP contribution in [0.2, 0.25) is 0 Å². The van der Waals surface area contributed by atoms with Gasteiger partial charge >= 0.3 is 0 Å². The maximum atomic E-state index is 13.0. The summed E-state index contributed by atoms with van der Waals surface area (Å²) in [5.74, 6) is 1.27. The second-order valence-corrected chi connectivity index (χ2v) is 10.2. The van der Waals surface area contributed by atoms with E-state index >= 15 is 0 Å². The Kier molecular flexibility index (Phi) is 8.79. The summed E-state index contributed by atoms with van der Waals surface area (Å²) >= 11 is -2.04. The fourth-order valence-electron chi connectivity index (χ4n) is 4.70. The molecule has 1 atom stereocenters. The van der Waals surface area contributed by atoms with Gasteiger partial charge in [0.15, 0.2) is 11.1 Å². The number of pyridine rings is 2. The number of benzene rings is 1. The zero-order chi connectivity index (χ0) is 27.2. The molecule has 0 radical (unpaired) electrons. The van der Waals surface area contributed by atoms with Crippen LogP contribution in [0.4, 0.5) is 17.3 Å². The first kappa shape index (κ1) is 27.2. The maximum absolute atomic E-state index is 13.0. The molecule has 2 aromatic heterocycles. The van der Waals surface area contributed by atoms with E-state index < -0.39 is 11.1 Å². The molecule has 0 saturated carbocycles. The van der Waals surface area contributed by atoms with Crippen molar-refractivity contribution < 1.29 is 23.0 Å². The number of nitrogens with two attached hydrogens (primary N) is 1. The molecule has 0 bridgehead atoms. The van der Waals surface area contributed by atoms with Crippen LogP contribution in [0.25, 0.3) is 11.1 Å². The summed E-state index contributed by atoms with van der Waals surface area (Å²) < 4.78 is 31.4. The minimum atomic E-state index is -2.04. The summed E-state index contributed by atoms with van der Waals surface area (Å²) in [7, 11) is 0. The summed E-state index contributed by atoms with van der Waals surface area (Å²) in [5.41, 5.74) is 10.3. The van der Waals surface area contributed by atoms with E-state index in [1.807, 2.05) is 18.2 Å². The van der Waals surface area contributed by atoms with Gasteiger partial charge in [0.05, 0.1) is 37.9 Å². The zero-order valence-corrected chi connectivity index (χ0v) is 22.4. The number of ether oxygens (including phenoxy) is 2. The van der Waals surface area contributed by atoms with Gasteiger partial charge in [0.1, 0.15) is 11.6 Å². The molecule has 1 unspecified atom stereocenters. The highest BCUT2D eigenvalue weighted by atomic mass is 32.2. The number of carbonyl (C=O) groups excluding carboxylic acids is 1. The van der Waals surface area contributed by atoms with Crippen molar-refractivity contribution in [3.63, 3.8) is 0 Å². The number of anilines is 3. The van der Waals surface area contributed by atoms with E-state index in [4.69, 9.17) is 24.7 Å². The van der Waals surface area contributed by atoms with Crippen molar-refractivity contribution in [1.29, 1.82) is 0 Å². The minimum Gasteiger partial charge on any atom is -0.378 e. The van der Waals surface area contributed by atoms with E-state index in [-0.39, 0.29) is 11.7 Å². The van der Waals surface area contributed by atoms with Crippen LogP contribution in [-0.2, 0) is 32.9 Å². The molecule has 39 heavy (non-hydrogen) atoms. The van der Waals surface area contributed by atoms with E-state index in [0.717, 1.165) is 54.5 Å². The molecule has 4 N–H and O–H groups in total. The molecule has 2 fully saturated rings. The second-order valence-electron chi connectivity index (χ2n) is 9.30. The van der Waals surface area contributed by atoms with Gasteiger partial charge in [-0.05, 0) is 53.1 Å². The van der Waals surface area contributed by atoms with Gasteiger partial charge in [-0.3, -0.25) is 9.78 Å². The van der Waals surface area contributed by atoms with Crippen molar-refractivity contribution in [2.45, 2.75) is 12.3 Å². The Morgan fingerprint density at radius 2 is 1.62 bits per heavy atom. The number of hydrogen-bond donors (Lipinski definition) is 3. The maximum Gasteiger partial charge on any atom is 0.255 e. The molecule has 2 aliphatic heterocycles. The average Bonchev–Trinajstić information content (AvgIpc) is 2.97. The summed E-state index contributed by atoms with van der Waals surface area (Å²) in [6, 6.07) is 12.9. The molecule has 206 valence electrons. The summed E-state index contributed by atoms with van der Waals surface area (Å²) in [5, 5.41) is 2.94. The number of nitrogens with one attached hydrogen (secondary N) is 1. The fourth-order valence-corrected chi connectivity index (χ4v) is 5.11. The highest BCUT2D eigenvalue weighted by Crippen LogP contribution is 2.33. The SMILES string of the molecule is NCc1ccc(NC(=O)c2ccnc(CS(=O)O)c2)cc1-c1cc(N2CCOCC2)nc(N2CCOCC2)c1. The number of amides is 1. The summed E-state index contributed by atoms with van der Waals surface area (Å²) in [4.78, 5) is 26.5. The second kappa shape index (κ2) is 12.6. The smallest absolute Gasteiger partial charge is 0.255 e. The monoisotopic (exact) mass is 552 g/mol. The molecule has 12 heteroatoms. The number of rotatable bonds is 8. The third-order valence-electron chi connectivity index (χ3n) is 6.72. The van der Waals surface area contributed by atoms with E-state index in [2.05, 4.69) is 32.2 Å². The Hall–Kier alpha value is -3.42. The van der Waals surface area contributed by atoms with Crippen LogP contribution >= 0.6 is 0 Å². The molecule has 5 rings (SSSR count). The van der Waals surface area contributed by atoms with Crippen LogP contribution in [0, 0.1) is 0 Å². The fraction of sp³-hybridized carbons (Fsp3) is 0.370. The Morgan fingerprint density at radius 3 is 2.21 bits per heavy atom. The third kappa shape index (κ3) is 6.78. The predicted molar refractivity (Wildman–Crippen MR) is 150 cm³/mol. The van der Waals surface area contributed by atoms with Gasteiger partial charge < -0.3 is 34.9 Å². The average molecular weight is 553 g/mol. The number of aromatic nitrogens is 2. The van der Waals surface area contributed by atoms with Gasteiger partial charge in [0.2, 0.25) is 0 Å². The van der Waals surface area contributed by atoms with Crippen molar-refractivity contribution in [3.8, 4) is 11.1 Å². The van der Waals surface area contributed by atoms with Crippen molar-refractivity contribution in [2.24, 2.45) is 5.73 Å². The zero-order valence-electron chi connectivity index (χ0n) is 21.5. The molecule has 3 aromatic rings. The molecule has 2 aliphatic rings. The minimum absolute atomic E-state index is 0.143. The van der Waals surface area contributed by atoms with Gasteiger partial charge in [0, 0.05) is 50.2 Å². The van der Waals surface area contributed by atoms with Gasteiger partial charge in [-0.15, -0.1) is 0 Å². The van der Waals surface area contributed by atoms with Crippen LogP contribution in [0.1, 0.15) is 21.6 Å². The van der Waals surface area contributed by atoms with Crippen LogP contribution in [-0.4, -0.2) is 77.2 Å². The van der Waals surface area contributed by atoms with Crippen molar-refractivity contribution in [2.75, 3.05) is 67.7 Å². The first-order valence-corrected chi connectivity index (χ1v) is 14.1. The predicted octanol–water partition coefficient (Wildman–Crippen LogP) is 2.25. The van der Waals surface area contributed by atoms with Crippen LogP contribution in [0.3, 0.4) is 0 Å². The Bertz CT molecular complexity index is 1310. The number of nitrogens with zero attached hydrogens (tertiary/aromatic N) is 4.